The minimum absolute atomic E-state index is 0.106. The highest BCUT2D eigenvalue weighted by molar-refractivity contribution is 5.94. The van der Waals surface area contributed by atoms with Gasteiger partial charge in [-0.3, -0.25) is 14.5 Å². The van der Waals surface area contributed by atoms with E-state index in [1.165, 1.54) is 12.4 Å². The van der Waals surface area contributed by atoms with Crippen molar-refractivity contribution in [3.63, 3.8) is 0 Å². The molecule has 112 valence electrons. The largest absolute Gasteiger partial charge is 0.333 e. The van der Waals surface area contributed by atoms with Gasteiger partial charge in [0.1, 0.15) is 11.8 Å². The molecule has 1 amide bonds. The number of aromatic nitrogens is 4. The number of carbonyl (C=O) groups is 1. The molecule has 0 unspecified atom stereocenters. The summed E-state index contributed by atoms with van der Waals surface area (Å²) in [6.07, 6.45) is 4.74. The third-order valence-corrected chi connectivity index (χ3v) is 3.92. The Bertz CT molecular complexity index is 935. The quantitative estimate of drug-likeness (QED) is 0.714. The van der Waals surface area contributed by atoms with Gasteiger partial charge < -0.3 is 4.90 Å². The highest BCUT2D eigenvalue weighted by Gasteiger charge is 2.33. The van der Waals surface area contributed by atoms with Gasteiger partial charge in [0, 0.05) is 19.3 Å². The number of rotatable bonds is 2. The summed E-state index contributed by atoms with van der Waals surface area (Å²) in [5.74, 6) is -0.132. The Labute approximate surface area is 131 Å². The van der Waals surface area contributed by atoms with Gasteiger partial charge in [-0.05, 0) is 12.1 Å². The molecule has 4 rings (SSSR count). The van der Waals surface area contributed by atoms with Crippen LogP contribution in [0.25, 0.3) is 11.0 Å². The van der Waals surface area contributed by atoms with Crippen LogP contribution in [-0.2, 0) is 0 Å². The summed E-state index contributed by atoms with van der Waals surface area (Å²) in [5.41, 5.74) is 2.35. The molecule has 1 aliphatic rings. The molecular weight excluding hydrogens is 292 g/mol. The van der Waals surface area contributed by atoms with Crippen LogP contribution in [0, 0.1) is 11.3 Å². The zero-order chi connectivity index (χ0) is 15.8. The summed E-state index contributed by atoms with van der Waals surface area (Å²) in [5, 5.41) is 13.0. The van der Waals surface area contributed by atoms with Gasteiger partial charge in [0.2, 0.25) is 0 Å². The predicted octanol–water partition coefficient (Wildman–Crippen LogP) is 1.40. The first-order valence-electron chi connectivity index (χ1n) is 7.20. The number of nitrogens with zero attached hydrogens (tertiary/aromatic N) is 6. The molecule has 7 heteroatoms. The Balaban J connectivity index is 1.48. The van der Waals surface area contributed by atoms with Crippen LogP contribution < -0.4 is 0 Å². The molecule has 0 saturated carbocycles. The lowest BCUT2D eigenvalue weighted by Gasteiger charge is -2.38. The maximum Gasteiger partial charge on any atom is 0.274 e. The second-order valence-corrected chi connectivity index (χ2v) is 5.43. The van der Waals surface area contributed by atoms with Crippen molar-refractivity contribution in [2.24, 2.45) is 0 Å². The number of nitriles is 1. The van der Waals surface area contributed by atoms with Crippen LogP contribution >= 0.6 is 0 Å². The van der Waals surface area contributed by atoms with Crippen molar-refractivity contribution in [2.75, 3.05) is 13.1 Å². The second kappa shape index (κ2) is 5.18. The first-order valence-corrected chi connectivity index (χ1v) is 7.20. The third kappa shape index (κ3) is 2.30. The van der Waals surface area contributed by atoms with Crippen molar-refractivity contribution < 1.29 is 4.79 Å². The number of amides is 1. The Morgan fingerprint density at radius 1 is 1.22 bits per heavy atom. The molecule has 0 N–H and O–H groups in total. The molecule has 0 aliphatic carbocycles. The number of para-hydroxylation sites is 2. The van der Waals surface area contributed by atoms with Gasteiger partial charge in [0.05, 0.1) is 35.0 Å². The standard InChI is InChI=1S/C16H12N6O/c17-5-11-6-19-22(8-11)12-9-21(10-12)16(23)15-7-18-13-3-1-2-4-14(13)20-15/h1-4,6-8,12H,9-10H2. The lowest BCUT2D eigenvalue weighted by atomic mass is 10.1. The van der Waals surface area contributed by atoms with Crippen LogP contribution in [0.15, 0.2) is 42.9 Å². The summed E-state index contributed by atoms with van der Waals surface area (Å²) in [4.78, 5) is 22.8. The van der Waals surface area contributed by atoms with E-state index in [1.54, 1.807) is 15.8 Å². The highest BCUT2D eigenvalue weighted by atomic mass is 16.2. The SMILES string of the molecule is N#Cc1cnn(C2CN(C(=O)c3cnc4ccccc4n3)C2)c1. The monoisotopic (exact) mass is 304 g/mol. The molecular formula is C16H12N6O. The topological polar surface area (TPSA) is 87.7 Å². The van der Waals surface area contributed by atoms with Crippen LogP contribution in [0.4, 0.5) is 0 Å². The van der Waals surface area contributed by atoms with E-state index in [1.807, 2.05) is 30.3 Å². The highest BCUT2D eigenvalue weighted by Crippen LogP contribution is 2.22. The first-order chi connectivity index (χ1) is 11.2. The van der Waals surface area contributed by atoms with E-state index in [2.05, 4.69) is 15.1 Å². The van der Waals surface area contributed by atoms with E-state index >= 15 is 0 Å². The van der Waals surface area contributed by atoms with E-state index in [9.17, 15) is 4.79 Å². The van der Waals surface area contributed by atoms with Gasteiger partial charge in [-0.2, -0.15) is 10.4 Å². The molecule has 1 fully saturated rings. The molecule has 3 heterocycles. The average molecular weight is 304 g/mol. The Hall–Kier alpha value is -3.27. The molecule has 1 saturated heterocycles. The summed E-state index contributed by atoms with van der Waals surface area (Å²) in [7, 11) is 0. The summed E-state index contributed by atoms with van der Waals surface area (Å²) >= 11 is 0. The lowest BCUT2D eigenvalue weighted by molar-refractivity contribution is 0.0495. The molecule has 3 aromatic rings. The maximum atomic E-state index is 12.5. The van der Waals surface area contributed by atoms with Crippen molar-refractivity contribution >= 4 is 16.9 Å². The van der Waals surface area contributed by atoms with E-state index in [4.69, 9.17) is 5.26 Å². The van der Waals surface area contributed by atoms with Gasteiger partial charge in [0.25, 0.3) is 5.91 Å². The molecule has 2 aromatic heterocycles. The van der Waals surface area contributed by atoms with Crippen LogP contribution in [-0.4, -0.2) is 43.6 Å². The van der Waals surface area contributed by atoms with Gasteiger partial charge in [-0.1, -0.05) is 12.1 Å². The zero-order valence-electron chi connectivity index (χ0n) is 12.1. The fourth-order valence-electron chi connectivity index (χ4n) is 2.61. The minimum Gasteiger partial charge on any atom is -0.333 e. The number of hydrogen-bond donors (Lipinski definition) is 0. The number of hydrogen-bond acceptors (Lipinski definition) is 5. The van der Waals surface area contributed by atoms with Crippen molar-refractivity contribution in [3.8, 4) is 6.07 Å². The summed E-state index contributed by atoms with van der Waals surface area (Å²) < 4.78 is 1.73. The van der Waals surface area contributed by atoms with Crippen molar-refractivity contribution in [1.29, 1.82) is 5.26 Å². The Morgan fingerprint density at radius 2 is 2.00 bits per heavy atom. The molecule has 0 atom stereocenters. The fraction of sp³-hybridized carbons (Fsp3) is 0.188. The zero-order valence-corrected chi connectivity index (χ0v) is 12.1. The van der Waals surface area contributed by atoms with Gasteiger partial charge in [-0.15, -0.1) is 0 Å². The van der Waals surface area contributed by atoms with Crippen LogP contribution in [0.1, 0.15) is 22.1 Å². The number of benzene rings is 1. The third-order valence-electron chi connectivity index (χ3n) is 3.92. The van der Waals surface area contributed by atoms with E-state index in [0.29, 0.717) is 29.9 Å². The molecule has 1 aromatic carbocycles. The average Bonchev–Trinajstić information content (AvgIpc) is 3.01. The van der Waals surface area contributed by atoms with E-state index in [-0.39, 0.29) is 11.9 Å². The first kappa shape index (κ1) is 13.4. The molecule has 0 spiro atoms. The van der Waals surface area contributed by atoms with Crippen molar-refractivity contribution in [2.45, 2.75) is 6.04 Å². The van der Waals surface area contributed by atoms with Crippen molar-refractivity contribution in [1.82, 2.24) is 24.6 Å². The van der Waals surface area contributed by atoms with Gasteiger partial charge in [0.15, 0.2) is 0 Å². The predicted molar refractivity (Wildman–Crippen MR) is 81.4 cm³/mol. The van der Waals surface area contributed by atoms with E-state index in [0.717, 1.165) is 5.52 Å². The Kier molecular flexibility index (Phi) is 3.01. The molecule has 0 bridgehead atoms. The molecule has 0 radical (unpaired) electrons. The normalized spacial score (nSPS) is 14.5. The summed E-state index contributed by atoms with van der Waals surface area (Å²) in [6, 6.07) is 9.61. The number of fused-ring (bicyclic) bond motifs is 1. The van der Waals surface area contributed by atoms with E-state index < -0.39 is 0 Å². The van der Waals surface area contributed by atoms with Crippen molar-refractivity contribution in [3.05, 3.63) is 54.1 Å². The number of likely N-dealkylation sites (tertiary alicyclic amines) is 1. The maximum absolute atomic E-state index is 12.5. The van der Waals surface area contributed by atoms with Crippen LogP contribution in [0.2, 0.25) is 0 Å². The Morgan fingerprint density at radius 3 is 2.74 bits per heavy atom. The minimum atomic E-state index is -0.132. The van der Waals surface area contributed by atoms with Gasteiger partial charge >= 0.3 is 0 Å². The van der Waals surface area contributed by atoms with Crippen LogP contribution in [0.3, 0.4) is 0 Å². The fourth-order valence-corrected chi connectivity index (χ4v) is 2.61. The number of carbonyl (C=O) groups excluding carboxylic acids is 1. The summed E-state index contributed by atoms with van der Waals surface area (Å²) in [6.45, 7) is 1.11. The second-order valence-electron chi connectivity index (χ2n) is 5.43. The lowest BCUT2D eigenvalue weighted by Crippen LogP contribution is -2.51. The van der Waals surface area contributed by atoms with Gasteiger partial charge in [-0.25, -0.2) is 4.98 Å². The molecule has 7 nitrogen and oxygen atoms in total. The molecule has 1 aliphatic heterocycles. The smallest absolute Gasteiger partial charge is 0.274 e. The van der Waals surface area contributed by atoms with Crippen LogP contribution in [0.5, 0.6) is 0 Å². The molecule has 23 heavy (non-hydrogen) atoms.